The number of nitro groups is 1. The lowest BCUT2D eigenvalue weighted by molar-refractivity contribution is -0.384. The summed E-state index contributed by atoms with van der Waals surface area (Å²) in [7, 11) is 0. The van der Waals surface area contributed by atoms with E-state index in [1.54, 1.807) is 0 Å². The van der Waals surface area contributed by atoms with E-state index in [9.17, 15) is 23.3 Å². The predicted octanol–water partition coefficient (Wildman–Crippen LogP) is 4.29. The topological polar surface area (TPSA) is 77.3 Å². The second-order valence-corrected chi connectivity index (χ2v) is 4.35. The first-order valence-electron chi connectivity index (χ1n) is 5.68. The summed E-state index contributed by atoms with van der Waals surface area (Å²) in [6, 6.07) is 5.98. The molecule has 1 N–H and O–H groups in total. The van der Waals surface area contributed by atoms with Gasteiger partial charge in [-0.2, -0.15) is 0 Å². The largest absolute Gasteiger partial charge is 0.573 e. The Labute approximate surface area is 126 Å². The Morgan fingerprint density at radius 1 is 1.32 bits per heavy atom. The molecule has 6 nitrogen and oxygen atoms in total. The van der Waals surface area contributed by atoms with E-state index >= 15 is 0 Å². The molecule has 0 spiro atoms. The summed E-state index contributed by atoms with van der Waals surface area (Å²) >= 11 is 5.68. The molecule has 10 heteroatoms. The van der Waals surface area contributed by atoms with Crippen molar-refractivity contribution in [3.63, 3.8) is 0 Å². The molecule has 0 bridgehead atoms. The van der Waals surface area contributed by atoms with Crippen LogP contribution in [0.2, 0.25) is 5.02 Å². The Morgan fingerprint density at radius 3 is 2.64 bits per heavy atom. The number of pyridine rings is 1. The third-order valence-corrected chi connectivity index (χ3v) is 2.70. The molecule has 0 aliphatic rings. The van der Waals surface area contributed by atoms with Crippen molar-refractivity contribution in [2.45, 2.75) is 6.36 Å². The molecule has 0 saturated heterocycles. The highest BCUT2D eigenvalue weighted by Crippen LogP contribution is 2.33. The minimum atomic E-state index is -4.86. The number of ether oxygens (including phenoxy) is 1. The van der Waals surface area contributed by atoms with Gasteiger partial charge in [0.2, 0.25) is 5.82 Å². The molecular weight excluding hydrogens is 327 g/mol. The highest BCUT2D eigenvalue weighted by Gasteiger charge is 2.32. The monoisotopic (exact) mass is 333 g/mol. The molecule has 116 valence electrons. The summed E-state index contributed by atoms with van der Waals surface area (Å²) in [5, 5.41) is 13.2. The van der Waals surface area contributed by atoms with Gasteiger partial charge in [0, 0.05) is 18.0 Å². The maximum Gasteiger partial charge on any atom is 0.573 e. The number of nitrogens with one attached hydrogen (secondary N) is 1. The molecule has 2 aromatic rings. The standard InChI is InChI=1S/C12H7ClF3N3O3/c13-8-6-7(3-4-10(8)22-12(14,15)16)18-11-9(19(20)21)2-1-5-17-11/h1-6H,(H,17,18). The fourth-order valence-corrected chi connectivity index (χ4v) is 1.78. The molecule has 0 amide bonds. The second kappa shape index (κ2) is 6.06. The van der Waals surface area contributed by atoms with Crippen LogP contribution in [0.25, 0.3) is 0 Å². The molecule has 22 heavy (non-hydrogen) atoms. The lowest BCUT2D eigenvalue weighted by Crippen LogP contribution is -2.17. The third kappa shape index (κ3) is 3.98. The molecule has 2 rings (SSSR count). The van der Waals surface area contributed by atoms with E-state index in [4.69, 9.17) is 11.6 Å². The van der Waals surface area contributed by atoms with Gasteiger partial charge < -0.3 is 10.1 Å². The van der Waals surface area contributed by atoms with Gasteiger partial charge in [-0.3, -0.25) is 10.1 Å². The number of aromatic nitrogens is 1. The number of benzene rings is 1. The van der Waals surface area contributed by atoms with Gasteiger partial charge >= 0.3 is 12.0 Å². The molecule has 1 aromatic carbocycles. The minimum absolute atomic E-state index is 0.0620. The molecule has 0 atom stereocenters. The molecule has 0 saturated carbocycles. The van der Waals surface area contributed by atoms with Crippen molar-refractivity contribution < 1.29 is 22.8 Å². The van der Waals surface area contributed by atoms with E-state index in [1.807, 2.05) is 0 Å². The average Bonchev–Trinajstić information content (AvgIpc) is 2.41. The zero-order chi connectivity index (χ0) is 16.3. The van der Waals surface area contributed by atoms with Crippen LogP contribution in [0.3, 0.4) is 0 Å². The van der Waals surface area contributed by atoms with Crippen LogP contribution in [0.1, 0.15) is 0 Å². The Kier molecular flexibility index (Phi) is 4.36. The van der Waals surface area contributed by atoms with Crippen molar-refractivity contribution in [1.82, 2.24) is 4.98 Å². The Balaban J connectivity index is 2.25. The van der Waals surface area contributed by atoms with Crippen LogP contribution in [0.4, 0.5) is 30.4 Å². The lowest BCUT2D eigenvalue weighted by Gasteiger charge is -2.12. The van der Waals surface area contributed by atoms with Crippen molar-refractivity contribution >= 4 is 28.8 Å². The lowest BCUT2D eigenvalue weighted by atomic mass is 10.3. The summed E-state index contributed by atoms with van der Waals surface area (Å²) in [5.41, 5.74) is -0.0597. The second-order valence-electron chi connectivity index (χ2n) is 3.95. The minimum Gasteiger partial charge on any atom is -0.404 e. The van der Waals surface area contributed by atoms with E-state index in [1.165, 1.54) is 24.4 Å². The summed E-state index contributed by atoms with van der Waals surface area (Å²) in [6.07, 6.45) is -3.53. The fraction of sp³-hybridized carbons (Fsp3) is 0.0833. The van der Waals surface area contributed by atoms with Crippen LogP contribution >= 0.6 is 11.6 Å². The molecule has 0 radical (unpaired) electrons. The Hall–Kier alpha value is -2.55. The molecule has 0 aliphatic heterocycles. The van der Waals surface area contributed by atoms with Crippen molar-refractivity contribution in [2.75, 3.05) is 5.32 Å². The maximum atomic E-state index is 12.1. The van der Waals surface area contributed by atoms with E-state index in [0.717, 1.165) is 12.1 Å². The molecule has 0 unspecified atom stereocenters. The zero-order valence-electron chi connectivity index (χ0n) is 10.6. The van der Waals surface area contributed by atoms with Crippen LogP contribution in [0, 0.1) is 10.1 Å². The normalized spacial score (nSPS) is 11.1. The quantitative estimate of drug-likeness (QED) is 0.667. The number of rotatable bonds is 4. The van der Waals surface area contributed by atoms with Gasteiger partial charge in [-0.1, -0.05) is 11.6 Å². The highest BCUT2D eigenvalue weighted by atomic mass is 35.5. The van der Waals surface area contributed by atoms with Gasteiger partial charge in [0.15, 0.2) is 0 Å². The first-order chi connectivity index (χ1) is 10.3. The van der Waals surface area contributed by atoms with Crippen molar-refractivity contribution in [3.05, 3.63) is 51.7 Å². The summed E-state index contributed by atoms with van der Waals surface area (Å²) in [4.78, 5) is 14.0. The number of nitrogens with zero attached hydrogens (tertiary/aromatic N) is 2. The van der Waals surface area contributed by atoms with Crippen LogP contribution in [0.15, 0.2) is 36.5 Å². The number of hydrogen-bond acceptors (Lipinski definition) is 5. The van der Waals surface area contributed by atoms with Crippen LogP contribution in [-0.4, -0.2) is 16.3 Å². The zero-order valence-corrected chi connectivity index (χ0v) is 11.4. The molecular formula is C12H7ClF3N3O3. The predicted molar refractivity (Wildman–Crippen MR) is 72.3 cm³/mol. The fourth-order valence-electron chi connectivity index (χ4n) is 1.56. The van der Waals surface area contributed by atoms with Crippen LogP contribution < -0.4 is 10.1 Å². The number of halogens is 4. The van der Waals surface area contributed by atoms with E-state index in [0.29, 0.717) is 0 Å². The van der Waals surface area contributed by atoms with Gasteiger partial charge in [0.1, 0.15) is 5.75 Å². The van der Waals surface area contributed by atoms with Crippen molar-refractivity contribution in [1.29, 1.82) is 0 Å². The first kappa shape index (κ1) is 15.8. The smallest absolute Gasteiger partial charge is 0.404 e. The number of alkyl halides is 3. The summed E-state index contributed by atoms with van der Waals surface area (Å²) in [5.74, 6) is -0.636. The van der Waals surface area contributed by atoms with E-state index < -0.39 is 17.0 Å². The number of anilines is 2. The first-order valence-corrected chi connectivity index (χ1v) is 6.06. The van der Waals surface area contributed by atoms with Gasteiger partial charge in [-0.15, -0.1) is 13.2 Å². The molecule has 0 fully saturated rings. The Morgan fingerprint density at radius 2 is 2.05 bits per heavy atom. The Bertz CT molecular complexity index is 710. The van der Waals surface area contributed by atoms with Gasteiger partial charge in [0.05, 0.1) is 9.95 Å². The van der Waals surface area contributed by atoms with Gasteiger partial charge in [-0.05, 0) is 24.3 Å². The molecule has 1 heterocycles. The van der Waals surface area contributed by atoms with Crippen molar-refractivity contribution in [2.24, 2.45) is 0 Å². The SMILES string of the molecule is O=[N+]([O-])c1cccnc1Nc1ccc(OC(F)(F)F)c(Cl)c1. The summed E-state index contributed by atoms with van der Waals surface area (Å²) in [6.45, 7) is 0. The molecule has 0 aliphatic carbocycles. The third-order valence-electron chi connectivity index (χ3n) is 2.40. The van der Waals surface area contributed by atoms with E-state index in [2.05, 4.69) is 15.0 Å². The van der Waals surface area contributed by atoms with Crippen LogP contribution in [0.5, 0.6) is 5.75 Å². The highest BCUT2D eigenvalue weighted by molar-refractivity contribution is 6.32. The van der Waals surface area contributed by atoms with Crippen LogP contribution in [-0.2, 0) is 0 Å². The average molecular weight is 334 g/mol. The number of hydrogen-bond donors (Lipinski definition) is 1. The molecule has 1 aromatic heterocycles. The summed E-state index contributed by atoms with van der Waals surface area (Å²) < 4.78 is 40.1. The van der Waals surface area contributed by atoms with Gasteiger partial charge in [0.25, 0.3) is 0 Å². The van der Waals surface area contributed by atoms with Crippen molar-refractivity contribution in [3.8, 4) is 5.75 Å². The maximum absolute atomic E-state index is 12.1. The van der Waals surface area contributed by atoms with Gasteiger partial charge in [-0.25, -0.2) is 4.98 Å². The van der Waals surface area contributed by atoms with E-state index in [-0.39, 0.29) is 22.2 Å².